The summed E-state index contributed by atoms with van der Waals surface area (Å²) in [5.74, 6) is 0.337. The number of aromatic nitrogens is 2. The molecule has 118 valence electrons. The van der Waals surface area contributed by atoms with E-state index in [4.69, 9.17) is 0 Å². The van der Waals surface area contributed by atoms with Crippen molar-refractivity contribution in [2.45, 2.75) is 33.6 Å². The highest BCUT2D eigenvalue weighted by molar-refractivity contribution is 6.06. The number of benzene rings is 1. The van der Waals surface area contributed by atoms with Crippen LogP contribution < -0.4 is 5.32 Å². The number of rotatable bonds is 3. The maximum Gasteiger partial charge on any atom is 0.255 e. The zero-order chi connectivity index (χ0) is 16.6. The molecule has 2 aromatic heterocycles. The fourth-order valence-corrected chi connectivity index (χ4v) is 2.61. The van der Waals surface area contributed by atoms with Crippen LogP contribution in [0.25, 0.3) is 5.65 Å². The highest BCUT2D eigenvalue weighted by Crippen LogP contribution is 2.21. The van der Waals surface area contributed by atoms with E-state index in [1.807, 2.05) is 60.8 Å². The summed E-state index contributed by atoms with van der Waals surface area (Å²) in [7, 11) is 0. The van der Waals surface area contributed by atoms with Gasteiger partial charge in [-0.1, -0.05) is 26.0 Å². The third-order valence-corrected chi connectivity index (χ3v) is 4.21. The molecule has 0 aliphatic heterocycles. The largest absolute Gasteiger partial charge is 0.319 e. The number of carbonyl (C=O) groups is 1. The van der Waals surface area contributed by atoms with E-state index in [2.05, 4.69) is 24.1 Å². The van der Waals surface area contributed by atoms with Crippen LogP contribution >= 0.6 is 0 Å². The summed E-state index contributed by atoms with van der Waals surface area (Å²) in [5, 5.41) is 2.97. The quantitative estimate of drug-likeness (QED) is 0.783. The van der Waals surface area contributed by atoms with Gasteiger partial charge in [0, 0.05) is 17.5 Å². The number of amides is 1. The van der Waals surface area contributed by atoms with Crippen molar-refractivity contribution >= 4 is 17.2 Å². The Morgan fingerprint density at radius 1 is 1.13 bits per heavy atom. The summed E-state index contributed by atoms with van der Waals surface area (Å²) < 4.78 is 1.99. The molecule has 0 unspecified atom stereocenters. The molecule has 3 rings (SSSR count). The van der Waals surface area contributed by atoms with Gasteiger partial charge in [-0.05, 0) is 49.6 Å². The highest BCUT2D eigenvalue weighted by Gasteiger charge is 2.12. The number of hydrogen-bond donors (Lipinski definition) is 1. The molecule has 1 N–H and O–H groups in total. The third kappa shape index (κ3) is 2.84. The molecule has 23 heavy (non-hydrogen) atoms. The molecule has 0 saturated heterocycles. The maximum absolute atomic E-state index is 12.5. The molecule has 0 atom stereocenters. The van der Waals surface area contributed by atoms with Gasteiger partial charge in [0.2, 0.25) is 0 Å². The van der Waals surface area contributed by atoms with Gasteiger partial charge < -0.3 is 9.72 Å². The Bertz CT molecular complexity index is 860. The Morgan fingerprint density at radius 2 is 1.83 bits per heavy atom. The van der Waals surface area contributed by atoms with Crippen molar-refractivity contribution in [3.63, 3.8) is 0 Å². The minimum atomic E-state index is -0.119. The van der Waals surface area contributed by atoms with Crippen LogP contribution in [-0.2, 0) is 0 Å². The smallest absolute Gasteiger partial charge is 0.255 e. The maximum atomic E-state index is 12.5. The van der Waals surface area contributed by atoms with Gasteiger partial charge in [-0.2, -0.15) is 0 Å². The SMILES string of the molecule is Cc1nc2c(NC(=O)c3ccc(C(C)C)cc3)cccn2c1C. The molecule has 0 aliphatic carbocycles. The number of nitrogens with one attached hydrogen (secondary N) is 1. The fraction of sp³-hybridized carbons (Fsp3) is 0.263. The average molecular weight is 307 g/mol. The second kappa shape index (κ2) is 5.88. The van der Waals surface area contributed by atoms with Gasteiger partial charge in [-0.3, -0.25) is 4.79 Å². The molecule has 1 aromatic carbocycles. The lowest BCUT2D eigenvalue weighted by Crippen LogP contribution is -2.13. The van der Waals surface area contributed by atoms with Gasteiger partial charge in [0.1, 0.15) is 0 Å². The van der Waals surface area contributed by atoms with Crippen LogP contribution in [0, 0.1) is 13.8 Å². The molecule has 4 heteroatoms. The predicted molar refractivity (Wildman–Crippen MR) is 93.2 cm³/mol. The van der Waals surface area contributed by atoms with Crippen LogP contribution in [0.5, 0.6) is 0 Å². The topological polar surface area (TPSA) is 46.4 Å². The first kappa shape index (κ1) is 15.3. The monoisotopic (exact) mass is 307 g/mol. The Morgan fingerprint density at radius 3 is 2.48 bits per heavy atom. The Balaban J connectivity index is 1.89. The van der Waals surface area contributed by atoms with E-state index in [1.165, 1.54) is 5.56 Å². The normalized spacial score (nSPS) is 11.2. The lowest BCUT2D eigenvalue weighted by atomic mass is 10.0. The molecule has 0 aliphatic rings. The van der Waals surface area contributed by atoms with E-state index >= 15 is 0 Å². The van der Waals surface area contributed by atoms with Crippen LogP contribution in [0.15, 0.2) is 42.6 Å². The first-order valence-electron chi connectivity index (χ1n) is 7.83. The van der Waals surface area contributed by atoms with E-state index < -0.39 is 0 Å². The minimum Gasteiger partial charge on any atom is -0.319 e. The molecule has 3 aromatic rings. The molecule has 0 spiro atoms. The molecule has 0 bridgehead atoms. The van der Waals surface area contributed by atoms with E-state index in [-0.39, 0.29) is 5.91 Å². The van der Waals surface area contributed by atoms with E-state index in [0.29, 0.717) is 11.5 Å². The van der Waals surface area contributed by atoms with Crippen molar-refractivity contribution in [1.29, 1.82) is 0 Å². The van der Waals surface area contributed by atoms with Crippen molar-refractivity contribution in [2.75, 3.05) is 5.32 Å². The predicted octanol–water partition coefficient (Wildman–Crippen LogP) is 4.33. The number of fused-ring (bicyclic) bond motifs is 1. The van der Waals surface area contributed by atoms with Gasteiger partial charge in [-0.15, -0.1) is 0 Å². The Kier molecular flexibility index (Phi) is 3.90. The van der Waals surface area contributed by atoms with Crippen LogP contribution in [0.3, 0.4) is 0 Å². The molecule has 2 heterocycles. The lowest BCUT2D eigenvalue weighted by Gasteiger charge is -2.09. The van der Waals surface area contributed by atoms with Gasteiger partial charge in [0.15, 0.2) is 5.65 Å². The first-order valence-corrected chi connectivity index (χ1v) is 7.83. The molecule has 0 saturated carbocycles. The van der Waals surface area contributed by atoms with Gasteiger partial charge >= 0.3 is 0 Å². The number of nitrogens with zero attached hydrogens (tertiary/aromatic N) is 2. The third-order valence-electron chi connectivity index (χ3n) is 4.21. The molecule has 0 radical (unpaired) electrons. The number of carbonyl (C=O) groups excluding carboxylic acids is 1. The number of imidazole rings is 1. The first-order chi connectivity index (χ1) is 11.0. The number of aryl methyl sites for hydroxylation is 2. The van der Waals surface area contributed by atoms with Crippen molar-refractivity contribution < 1.29 is 4.79 Å². The highest BCUT2D eigenvalue weighted by atomic mass is 16.1. The zero-order valence-corrected chi connectivity index (χ0v) is 13.9. The molecular formula is C19H21N3O. The molecule has 1 amide bonds. The van der Waals surface area contributed by atoms with Crippen molar-refractivity contribution in [1.82, 2.24) is 9.38 Å². The van der Waals surface area contributed by atoms with Gasteiger partial charge in [0.25, 0.3) is 5.91 Å². The number of hydrogen-bond acceptors (Lipinski definition) is 2. The van der Waals surface area contributed by atoms with Gasteiger partial charge in [-0.25, -0.2) is 4.98 Å². The standard InChI is InChI=1S/C19H21N3O/c1-12(2)15-7-9-16(10-8-15)19(23)21-17-6-5-11-22-14(4)13(3)20-18(17)22/h5-12H,1-4H3,(H,21,23). The van der Waals surface area contributed by atoms with E-state index in [1.54, 1.807) is 0 Å². The van der Waals surface area contributed by atoms with E-state index in [9.17, 15) is 4.79 Å². The molecule has 4 nitrogen and oxygen atoms in total. The molecule has 0 fully saturated rings. The minimum absolute atomic E-state index is 0.119. The lowest BCUT2D eigenvalue weighted by molar-refractivity contribution is 0.102. The van der Waals surface area contributed by atoms with E-state index in [0.717, 1.165) is 22.7 Å². The summed E-state index contributed by atoms with van der Waals surface area (Å²) >= 11 is 0. The van der Waals surface area contributed by atoms with Crippen LogP contribution in [-0.4, -0.2) is 15.3 Å². The fourth-order valence-electron chi connectivity index (χ4n) is 2.61. The second-order valence-electron chi connectivity index (χ2n) is 6.13. The Hall–Kier alpha value is -2.62. The summed E-state index contributed by atoms with van der Waals surface area (Å²) in [6, 6.07) is 11.5. The zero-order valence-electron chi connectivity index (χ0n) is 13.9. The molecular weight excluding hydrogens is 286 g/mol. The van der Waals surface area contributed by atoms with Crippen LogP contribution in [0.1, 0.15) is 47.1 Å². The van der Waals surface area contributed by atoms with Crippen molar-refractivity contribution in [3.05, 3.63) is 65.1 Å². The summed E-state index contributed by atoms with van der Waals surface area (Å²) in [6.45, 7) is 8.27. The van der Waals surface area contributed by atoms with Crippen LogP contribution in [0.4, 0.5) is 5.69 Å². The summed E-state index contributed by atoms with van der Waals surface area (Å²) in [5.41, 5.74) is 5.42. The summed E-state index contributed by atoms with van der Waals surface area (Å²) in [6.07, 6.45) is 1.96. The second-order valence-corrected chi connectivity index (χ2v) is 6.13. The van der Waals surface area contributed by atoms with Crippen molar-refractivity contribution in [2.24, 2.45) is 0 Å². The van der Waals surface area contributed by atoms with Crippen LogP contribution in [0.2, 0.25) is 0 Å². The Labute approximate surface area is 136 Å². The average Bonchev–Trinajstić information content (AvgIpc) is 2.84. The van der Waals surface area contributed by atoms with Crippen molar-refractivity contribution in [3.8, 4) is 0 Å². The number of pyridine rings is 1. The van der Waals surface area contributed by atoms with Gasteiger partial charge in [0.05, 0.1) is 11.4 Å². The number of anilines is 1. The summed E-state index contributed by atoms with van der Waals surface area (Å²) in [4.78, 5) is 17.0.